The van der Waals surface area contributed by atoms with E-state index in [9.17, 15) is 5.26 Å². The molecule has 0 radical (unpaired) electrons. The lowest BCUT2D eigenvalue weighted by Gasteiger charge is -2.17. The minimum atomic E-state index is 0.525. The highest BCUT2D eigenvalue weighted by Crippen LogP contribution is 2.28. The third kappa shape index (κ3) is 2.93. The van der Waals surface area contributed by atoms with Crippen molar-refractivity contribution < 1.29 is 0 Å². The Morgan fingerprint density at radius 3 is 2.29 bits per heavy atom. The molecule has 0 bridgehead atoms. The van der Waals surface area contributed by atoms with Crippen LogP contribution in [0, 0.1) is 11.3 Å². The van der Waals surface area contributed by atoms with Crippen molar-refractivity contribution in [1.82, 2.24) is 9.97 Å². The maximum absolute atomic E-state index is 9.61. The van der Waals surface area contributed by atoms with Crippen LogP contribution >= 0.6 is 0 Å². The highest BCUT2D eigenvalue weighted by Gasteiger charge is 2.18. The second-order valence-electron chi connectivity index (χ2n) is 6.99. The zero-order valence-electron chi connectivity index (χ0n) is 15.3. The lowest BCUT2D eigenvalue weighted by molar-refractivity contribution is 0.880. The molecule has 1 aliphatic heterocycles. The zero-order chi connectivity index (χ0) is 18.9. The molecule has 0 atom stereocenters. The van der Waals surface area contributed by atoms with Gasteiger partial charge in [-0.3, -0.25) is 0 Å². The van der Waals surface area contributed by atoms with Gasteiger partial charge in [0.15, 0.2) is 0 Å². The van der Waals surface area contributed by atoms with E-state index in [1.807, 2.05) is 30.3 Å². The van der Waals surface area contributed by atoms with E-state index in [0.717, 1.165) is 29.7 Å². The molecule has 2 heterocycles. The molecule has 4 nitrogen and oxygen atoms in total. The van der Waals surface area contributed by atoms with Crippen LogP contribution < -0.4 is 4.90 Å². The Hall–Kier alpha value is -3.84. The fraction of sp³-hybridized carbons (Fsp3) is 0.0833. The van der Waals surface area contributed by atoms with Gasteiger partial charge >= 0.3 is 0 Å². The molecule has 4 aromatic rings. The first-order valence-electron chi connectivity index (χ1n) is 9.29. The predicted octanol–water partition coefficient (Wildman–Crippen LogP) is 5.15. The summed E-state index contributed by atoms with van der Waals surface area (Å²) >= 11 is 0. The standard InChI is InChI=1S/C24H18N4/c25-14-20(24-26-22-7-3-4-8-23(22)27-24)13-17-9-11-21(12-10-17)28-15-18-5-1-2-6-19(18)16-28/h1-13H,15-16H2,(H,26,27). The first kappa shape index (κ1) is 16.3. The average Bonchev–Trinajstić information content (AvgIpc) is 3.36. The summed E-state index contributed by atoms with van der Waals surface area (Å²) in [7, 11) is 0. The molecule has 28 heavy (non-hydrogen) atoms. The van der Waals surface area contributed by atoms with Crippen molar-refractivity contribution in [2.45, 2.75) is 13.1 Å². The number of hydrogen-bond acceptors (Lipinski definition) is 3. The summed E-state index contributed by atoms with van der Waals surface area (Å²) in [4.78, 5) is 10.1. The molecule has 0 fully saturated rings. The fourth-order valence-electron chi connectivity index (χ4n) is 3.70. The first-order chi connectivity index (χ1) is 13.8. The summed E-state index contributed by atoms with van der Waals surface area (Å²) in [6.07, 6.45) is 1.88. The van der Waals surface area contributed by atoms with Crippen molar-refractivity contribution in [3.05, 3.63) is 95.3 Å². The monoisotopic (exact) mass is 362 g/mol. The number of nitriles is 1. The van der Waals surface area contributed by atoms with Gasteiger partial charge < -0.3 is 9.88 Å². The topological polar surface area (TPSA) is 55.7 Å². The van der Waals surface area contributed by atoms with Crippen molar-refractivity contribution in [3.63, 3.8) is 0 Å². The molecule has 4 heteroatoms. The smallest absolute Gasteiger partial charge is 0.149 e. The summed E-state index contributed by atoms with van der Waals surface area (Å²) in [6.45, 7) is 1.88. The van der Waals surface area contributed by atoms with Crippen molar-refractivity contribution >= 4 is 28.4 Å². The Morgan fingerprint density at radius 1 is 0.929 bits per heavy atom. The molecule has 0 aliphatic carbocycles. The molecule has 134 valence electrons. The van der Waals surface area contributed by atoms with Crippen LogP contribution in [0.2, 0.25) is 0 Å². The second-order valence-corrected chi connectivity index (χ2v) is 6.99. The van der Waals surface area contributed by atoms with Crippen LogP contribution in [-0.4, -0.2) is 9.97 Å². The molecule has 0 unspecified atom stereocenters. The lowest BCUT2D eigenvalue weighted by atomic mass is 10.1. The maximum Gasteiger partial charge on any atom is 0.149 e. The number of fused-ring (bicyclic) bond motifs is 2. The Kier molecular flexibility index (Phi) is 3.92. The van der Waals surface area contributed by atoms with Gasteiger partial charge in [-0.25, -0.2) is 4.98 Å². The van der Waals surface area contributed by atoms with Crippen molar-refractivity contribution in [2.75, 3.05) is 4.90 Å². The fourth-order valence-corrected chi connectivity index (χ4v) is 3.70. The highest BCUT2D eigenvalue weighted by molar-refractivity contribution is 5.90. The lowest BCUT2D eigenvalue weighted by Crippen LogP contribution is -2.14. The second kappa shape index (κ2) is 6.71. The van der Waals surface area contributed by atoms with Gasteiger partial charge in [0, 0.05) is 18.8 Å². The molecule has 0 saturated heterocycles. The maximum atomic E-state index is 9.61. The van der Waals surface area contributed by atoms with E-state index in [1.165, 1.54) is 16.8 Å². The molecule has 0 saturated carbocycles. The summed E-state index contributed by atoms with van der Waals surface area (Å²) in [5.41, 5.74) is 7.28. The van der Waals surface area contributed by atoms with Gasteiger partial charge in [0.1, 0.15) is 11.9 Å². The van der Waals surface area contributed by atoms with E-state index >= 15 is 0 Å². The molecule has 3 aromatic carbocycles. The summed E-state index contributed by atoms with van der Waals surface area (Å²) in [6, 6.07) is 27.0. The zero-order valence-corrected chi connectivity index (χ0v) is 15.3. The van der Waals surface area contributed by atoms with Crippen LogP contribution in [0.3, 0.4) is 0 Å². The first-order valence-corrected chi connectivity index (χ1v) is 9.29. The van der Waals surface area contributed by atoms with Crippen LogP contribution in [0.15, 0.2) is 72.8 Å². The van der Waals surface area contributed by atoms with Crippen molar-refractivity contribution in [1.29, 1.82) is 5.26 Å². The average molecular weight is 362 g/mol. The molecule has 1 aromatic heterocycles. The third-order valence-corrected chi connectivity index (χ3v) is 5.17. The molecule has 5 rings (SSSR count). The summed E-state index contributed by atoms with van der Waals surface area (Å²) in [5, 5.41) is 9.61. The number of allylic oxidation sites excluding steroid dienone is 1. The van der Waals surface area contributed by atoms with Gasteiger partial charge in [-0.1, -0.05) is 48.5 Å². The third-order valence-electron chi connectivity index (χ3n) is 5.17. The summed E-state index contributed by atoms with van der Waals surface area (Å²) in [5.74, 6) is 0.600. The van der Waals surface area contributed by atoms with Crippen LogP contribution in [-0.2, 0) is 13.1 Å². The van der Waals surface area contributed by atoms with Crippen LogP contribution in [0.25, 0.3) is 22.7 Å². The number of H-pyrrole nitrogens is 1. The number of hydrogen-bond donors (Lipinski definition) is 1. The number of nitrogens with zero attached hydrogens (tertiary/aromatic N) is 3. The minimum absolute atomic E-state index is 0.525. The SMILES string of the molecule is N#CC(=Cc1ccc(N2Cc3ccccc3C2)cc1)c1nc2ccccc2[nH]1. The molecular formula is C24H18N4. The molecule has 0 amide bonds. The molecule has 1 aliphatic rings. The largest absolute Gasteiger partial charge is 0.363 e. The normalized spacial score (nSPS) is 13.5. The van der Waals surface area contributed by atoms with Crippen LogP contribution in [0.4, 0.5) is 5.69 Å². The van der Waals surface area contributed by atoms with Gasteiger partial charge in [-0.2, -0.15) is 5.26 Å². The van der Waals surface area contributed by atoms with Gasteiger partial charge in [0.25, 0.3) is 0 Å². The Bertz CT molecular complexity index is 1170. The molecule has 0 spiro atoms. The Morgan fingerprint density at radius 2 is 1.61 bits per heavy atom. The van der Waals surface area contributed by atoms with E-state index in [1.54, 1.807) is 0 Å². The molecule has 1 N–H and O–H groups in total. The Labute approximate surface area is 163 Å². The number of imidazole rings is 1. The van der Waals surface area contributed by atoms with Crippen molar-refractivity contribution in [3.8, 4) is 6.07 Å². The van der Waals surface area contributed by atoms with E-state index < -0.39 is 0 Å². The number of anilines is 1. The van der Waals surface area contributed by atoms with Gasteiger partial charge in [-0.05, 0) is 47.0 Å². The number of para-hydroxylation sites is 2. The Balaban J connectivity index is 1.40. The predicted molar refractivity (Wildman–Crippen MR) is 112 cm³/mol. The van der Waals surface area contributed by atoms with E-state index in [-0.39, 0.29) is 0 Å². The number of benzene rings is 3. The van der Waals surface area contributed by atoms with Crippen molar-refractivity contribution in [2.24, 2.45) is 0 Å². The quantitative estimate of drug-likeness (QED) is 0.513. The molecular weight excluding hydrogens is 344 g/mol. The number of rotatable bonds is 3. The minimum Gasteiger partial charge on any atom is -0.363 e. The van der Waals surface area contributed by atoms with Gasteiger partial charge in [0.2, 0.25) is 0 Å². The highest BCUT2D eigenvalue weighted by atomic mass is 15.1. The van der Waals surface area contributed by atoms with Crippen LogP contribution in [0.1, 0.15) is 22.5 Å². The van der Waals surface area contributed by atoms with E-state index in [4.69, 9.17) is 0 Å². The number of nitrogens with one attached hydrogen (secondary N) is 1. The number of aromatic nitrogens is 2. The van der Waals surface area contributed by atoms with Crippen LogP contribution in [0.5, 0.6) is 0 Å². The van der Waals surface area contributed by atoms with E-state index in [2.05, 4.69) is 69.5 Å². The summed E-state index contributed by atoms with van der Waals surface area (Å²) < 4.78 is 0. The van der Waals surface area contributed by atoms with E-state index in [0.29, 0.717) is 11.4 Å². The number of aromatic amines is 1. The van der Waals surface area contributed by atoms with Gasteiger partial charge in [-0.15, -0.1) is 0 Å². The van der Waals surface area contributed by atoms with Gasteiger partial charge in [0.05, 0.1) is 16.6 Å².